The largest absolute Gasteiger partial charge is 0.462 e. The number of nitrogens with zero attached hydrogens (tertiary/aromatic N) is 8. The molecule has 2 fully saturated rings. The minimum Gasteiger partial charge on any atom is -0.462 e. The fraction of sp³-hybridized carbons (Fsp3) is 0.536. The van der Waals surface area contributed by atoms with Gasteiger partial charge in [-0.25, -0.2) is 0 Å². The third-order valence-corrected chi connectivity index (χ3v) is 8.11. The number of pyridine rings is 1. The number of amides is 1. The molecule has 2 unspecified atom stereocenters. The van der Waals surface area contributed by atoms with Crippen molar-refractivity contribution in [2.45, 2.75) is 50.5 Å². The molecule has 13 heteroatoms. The van der Waals surface area contributed by atoms with E-state index in [1.165, 1.54) is 18.3 Å². The Morgan fingerprint density at radius 1 is 1.22 bits per heavy atom. The molecule has 0 saturated carbocycles. The highest BCUT2D eigenvalue weighted by atomic mass is 19.4. The second-order valence-electron chi connectivity index (χ2n) is 10.6. The minimum absolute atomic E-state index is 0.0546. The fourth-order valence-electron chi connectivity index (χ4n) is 5.90. The van der Waals surface area contributed by atoms with Gasteiger partial charge in [0.15, 0.2) is 0 Å². The normalized spacial score (nSPS) is 21.4. The van der Waals surface area contributed by atoms with Crippen molar-refractivity contribution in [3.63, 3.8) is 0 Å². The maximum atomic E-state index is 13.8. The number of anilines is 2. The SMILES string of the molecule is C=CC(=O)N1CCN(c2nc(OCC3CCCN3C)nc3c2CCN(c2ccncc2C(F)(F)F)C3)CC1CC#N. The number of ether oxygens (including phenoxy) is 1. The number of likely N-dealkylation sites (tertiary alicyclic amines) is 1. The van der Waals surface area contributed by atoms with Gasteiger partial charge in [-0.1, -0.05) is 6.58 Å². The number of hydrogen-bond donors (Lipinski definition) is 0. The van der Waals surface area contributed by atoms with Gasteiger partial charge in [-0.2, -0.15) is 28.4 Å². The van der Waals surface area contributed by atoms with E-state index in [9.17, 15) is 23.2 Å². The summed E-state index contributed by atoms with van der Waals surface area (Å²) in [6, 6.07) is 3.60. The Bertz CT molecular complexity index is 1330. The van der Waals surface area contributed by atoms with Crippen molar-refractivity contribution in [3.05, 3.63) is 47.9 Å². The first kappa shape index (κ1) is 28.6. The van der Waals surface area contributed by atoms with E-state index in [-0.39, 0.29) is 42.7 Å². The van der Waals surface area contributed by atoms with Gasteiger partial charge in [0.1, 0.15) is 12.4 Å². The molecule has 218 valence electrons. The summed E-state index contributed by atoms with van der Waals surface area (Å²) in [4.78, 5) is 33.2. The molecular formula is C28H33F3N8O2. The van der Waals surface area contributed by atoms with Crippen LogP contribution in [0.25, 0.3) is 0 Å². The molecule has 0 aromatic carbocycles. The molecule has 2 atom stereocenters. The Morgan fingerprint density at radius 3 is 2.76 bits per heavy atom. The van der Waals surface area contributed by atoms with Crippen molar-refractivity contribution in [1.29, 1.82) is 5.26 Å². The van der Waals surface area contributed by atoms with Gasteiger partial charge in [-0.05, 0) is 45.0 Å². The van der Waals surface area contributed by atoms with Gasteiger partial charge in [-0.3, -0.25) is 9.78 Å². The number of piperazine rings is 1. The molecule has 2 aromatic rings. The Hall–Kier alpha value is -3.92. The van der Waals surface area contributed by atoms with Crippen LogP contribution in [0.15, 0.2) is 31.1 Å². The van der Waals surface area contributed by atoms with Crippen LogP contribution in [-0.2, 0) is 23.9 Å². The molecule has 10 nitrogen and oxygen atoms in total. The number of carbonyl (C=O) groups is 1. The highest BCUT2D eigenvalue weighted by Gasteiger charge is 2.37. The summed E-state index contributed by atoms with van der Waals surface area (Å²) in [6.07, 6.45) is 1.57. The zero-order valence-electron chi connectivity index (χ0n) is 23.0. The number of nitriles is 1. The van der Waals surface area contributed by atoms with E-state index in [1.54, 1.807) is 9.80 Å². The summed E-state index contributed by atoms with van der Waals surface area (Å²) >= 11 is 0. The van der Waals surface area contributed by atoms with Crippen molar-refractivity contribution < 1.29 is 22.7 Å². The van der Waals surface area contributed by atoms with Crippen LogP contribution in [0.5, 0.6) is 6.01 Å². The van der Waals surface area contributed by atoms with E-state index in [0.29, 0.717) is 50.7 Å². The number of fused-ring (bicyclic) bond motifs is 1. The summed E-state index contributed by atoms with van der Waals surface area (Å²) in [7, 11) is 2.05. The Morgan fingerprint density at radius 2 is 2.05 bits per heavy atom. The highest BCUT2D eigenvalue weighted by molar-refractivity contribution is 5.87. The van der Waals surface area contributed by atoms with Gasteiger partial charge in [0.05, 0.1) is 42.0 Å². The van der Waals surface area contributed by atoms with Crippen LogP contribution in [0, 0.1) is 11.3 Å². The number of aromatic nitrogens is 3. The third-order valence-electron chi connectivity index (χ3n) is 8.11. The van der Waals surface area contributed by atoms with Crippen molar-refractivity contribution >= 4 is 17.4 Å². The lowest BCUT2D eigenvalue weighted by Gasteiger charge is -2.42. The molecule has 0 spiro atoms. The summed E-state index contributed by atoms with van der Waals surface area (Å²) in [5, 5.41) is 9.42. The Balaban J connectivity index is 1.47. The topological polar surface area (TPSA) is 102 Å². The summed E-state index contributed by atoms with van der Waals surface area (Å²) in [6.45, 7) is 6.69. The van der Waals surface area contributed by atoms with E-state index in [4.69, 9.17) is 9.72 Å². The number of alkyl halides is 3. The van der Waals surface area contributed by atoms with E-state index >= 15 is 0 Å². The molecule has 0 N–H and O–H groups in total. The second kappa shape index (κ2) is 11.9. The van der Waals surface area contributed by atoms with E-state index in [0.717, 1.165) is 31.1 Å². The average Bonchev–Trinajstić information content (AvgIpc) is 3.39. The molecule has 5 rings (SSSR count). The van der Waals surface area contributed by atoms with Crippen molar-refractivity contribution in [1.82, 2.24) is 24.8 Å². The van der Waals surface area contributed by atoms with E-state index < -0.39 is 11.7 Å². The lowest BCUT2D eigenvalue weighted by atomic mass is 10.0. The third kappa shape index (κ3) is 6.07. The smallest absolute Gasteiger partial charge is 0.419 e. The van der Waals surface area contributed by atoms with Gasteiger partial charge >= 0.3 is 12.2 Å². The molecular weight excluding hydrogens is 537 g/mol. The molecule has 41 heavy (non-hydrogen) atoms. The molecule has 3 aliphatic heterocycles. The van der Waals surface area contributed by atoms with Crippen LogP contribution in [0.4, 0.5) is 24.7 Å². The first-order valence-corrected chi connectivity index (χ1v) is 13.7. The minimum atomic E-state index is -4.54. The predicted molar refractivity (Wildman–Crippen MR) is 145 cm³/mol. The summed E-state index contributed by atoms with van der Waals surface area (Å²) in [5.74, 6) is 0.414. The summed E-state index contributed by atoms with van der Waals surface area (Å²) < 4.78 is 47.5. The van der Waals surface area contributed by atoms with Gasteiger partial charge in [0.2, 0.25) is 5.91 Å². The zero-order chi connectivity index (χ0) is 29.1. The van der Waals surface area contributed by atoms with Crippen LogP contribution in [-0.4, -0.2) is 89.1 Å². The first-order valence-electron chi connectivity index (χ1n) is 13.7. The lowest BCUT2D eigenvalue weighted by Crippen LogP contribution is -2.55. The van der Waals surface area contributed by atoms with Gasteiger partial charge in [0.25, 0.3) is 0 Å². The zero-order valence-corrected chi connectivity index (χ0v) is 23.0. The quantitative estimate of drug-likeness (QED) is 0.465. The van der Waals surface area contributed by atoms with Crippen molar-refractivity contribution in [3.8, 4) is 12.1 Å². The predicted octanol–water partition coefficient (Wildman–Crippen LogP) is 3.04. The summed E-state index contributed by atoms with van der Waals surface area (Å²) in [5.41, 5.74) is 0.704. The van der Waals surface area contributed by atoms with Gasteiger partial charge in [-0.15, -0.1) is 0 Å². The maximum Gasteiger partial charge on any atom is 0.419 e. The number of likely N-dealkylation sites (N-methyl/N-ethyl adjacent to an activating group) is 1. The molecule has 1 amide bonds. The van der Waals surface area contributed by atoms with Crippen LogP contribution in [0.3, 0.4) is 0 Å². The molecule has 5 heterocycles. The molecule has 2 saturated heterocycles. The van der Waals surface area contributed by atoms with E-state index in [2.05, 4.69) is 27.5 Å². The monoisotopic (exact) mass is 570 g/mol. The van der Waals surface area contributed by atoms with Crippen molar-refractivity contribution in [2.75, 3.05) is 56.2 Å². The van der Waals surface area contributed by atoms with Crippen LogP contribution in [0.1, 0.15) is 36.1 Å². The maximum absolute atomic E-state index is 13.8. The van der Waals surface area contributed by atoms with Gasteiger partial charge < -0.3 is 24.3 Å². The number of halogens is 3. The molecule has 0 radical (unpaired) electrons. The van der Waals surface area contributed by atoms with Gasteiger partial charge in [0, 0.05) is 50.2 Å². The average molecular weight is 571 g/mol. The standard InChI is InChI=1S/C28H33F3N8O2/c1-3-25(40)39-14-13-38(16-19(39)6-9-32)26-21-8-12-37(24-7-10-33-15-22(24)28(29,30)31)17-23(21)34-27(35-26)41-18-20-5-4-11-36(20)2/h3,7,10,15,19-20H,1,4-6,8,11-14,16-18H2,2H3. The van der Waals surface area contributed by atoms with Crippen LogP contribution >= 0.6 is 0 Å². The second-order valence-corrected chi connectivity index (χ2v) is 10.6. The van der Waals surface area contributed by atoms with Crippen molar-refractivity contribution in [2.24, 2.45) is 0 Å². The number of carbonyl (C=O) groups excluding carboxylic acids is 1. The number of rotatable bonds is 7. The molecule has 3 aliphatic rings. The van der Waals surface area contributed by atoms with Crippen LogP contribution in [0.2, 0.25) is 0 Å². The fourth-order valence-corrected chi connectivity index (χ4v) is 5.90. The lowest BCUT2D eigenvalue weighted by molar-refractivity contribution is -0.137. The van der Waals surface area contributed by atoms with Crippen LogP contribution < -0.4 is 14.5 Å². The molecule has 2 aromatic heterocycles. The molecule has 0 bridgehead atoms. The highest BCUT2D eigenvalue weighted by Crippen LogP contribution is 2.39. The van der Waals surface area contributed by atoms with E-state index in [1.807, 2.05) is 11.9 Å². The number of hydrogen-bond acceptors (Lipinski definition) is 9. The Labute approximate surface area is 237 Å². The Kier molecular flexibility index (Phi) is 8.30. The molecule has 0 aliphatic carbocycles. The first-order chi connectivity index (χ1) is 19.7.